The van der Waals surface area contributed by atoms with Crippen molar-refractivity contribution in [1.29, 1.82) is 0 Å². The number of allylic oxidation sites excluding steroid dienone is 2. The fourth-order valence-corrected chi connectivity index (χ4v) is 4.25. The normalized spacial score (nSPS) is 15.5. The molecular weight excluding hydrogens is 428 g/mol. The van der Waals surface area contributed by atoms with Crippen molar-refractivity contribution in [2.75, 3.05) is 37.3 Å². The fourth-order valence-electron chi connectivity index (χ4n) is 3.42. The van der Waals surface area contributed by atoms with Crippen LogP contribution in [0.15, 0.2) is 60.7 Å². The van der Waals surface area contributed by atoms with Gasteiger partial charge >= 0.3 is 0 Å². The Morgan fingerprint density at radius 1 is 0.906 bits per heavy atom. The molecule has 0 aromatic heterocycles. The number of sulfonamides is 1. The Hall–Kier alpha value is -3.23. The number of rotatable bonds is 8. The standard InChI is InChI=1S/C24H26N2O5S/c1-32(30,31)26-16-14-25(15-17-26)24-5-3-2-4-20(24)9-13-23(29)18-22(28)12-8-19-6-10-21(27)11-7-19/h2-13,27H,14-18H2,1H3/b12-8+,13-9+. The summed E-state index contributed by atoms with van der Waals surface area (Å²) < 4.78 is 24.9. The van der Waals surface area contributed by atoms with Crippen molar-refractivity contribution in [1.82, 2.24) is 4.31 Å². The molecule has 0 radical (unpaired) electrons. The van der Waals surface area contributed by atoms with E-state index in [-0.39, 0.29) is 23.7 Å². The van der Waals surface area contributed by atoms with Crippen molar-refractivity contribution in [3.05, 3.63) is 71.8 Å². The van der Waals surface area contributed by atoms with Gasteiger partial charge in [-0.15, -0.1) is 0 Å². The number of phenols is 1. The van der Waals surface area contributed by atoms with Gasteiger partial charge in [0.2, 0.25) is 10.0 Å². The number of aromatic hydroxyl groups is 1. The van der Waals surface area contributed by atoms with E-state index in [2.05, 4.69) is 4.90 Å². The molecule has 1 aliphatic heterocycles. The third-order valence-corrected chi connectivity index (χ3v) is 6.44. The monoisotopic (exact) mass is 454 g/mol. The smallest absolute Gasteiger partial charge is 0.211 e. The Morgan fingerprint density at radius 3 is 2.12 bits per heavy atom. The quantitative estimate of drug-likeness (QED) is 0.487. The summed E-state index contributed by atoms with van der Waals surface area (Å²) >= 11 is 0. The molecular formula is C24H26N2O5S. The van der Waals surface area contributed by atoms with Crippen molar-refractivity contribution in [3.63, 3.8) is 0 Å². The first-order valence-electron chi connectivity index (χ1n) is 10.2. The first-order valence-corrected chi connectivity index (χ1v) is 12.1. The molecule has 1 N–H and O–H groups in total. The number of piperazine rings is 1. The first-order chi connectivity index (χ1) is 15.2. The molecule has 32 heavy (non-hydrogen) atoms. The zero-order valence-electron chi connectivity index (χ0n) is 17.8. The molecule has 0 amide bonds. The molecule has 2 aromatic rings. The lowest BCUT2D eigenvalue weighted by molar-refractivity contribution is -0.121. The topological polar surface area (TPSA) is 95.0 Å². The molecule has 1 heterocycles. The van der Waals surface area contributed by atoms with Crippen molar-refractivity contribution in [3.8, 4) is 5.75 Å². The second-order valence-corrected chi connectivity index (χ2v) is 9.56. The molecule has 0 saturated carbocycles. The van der Waals surface area contributed by atoms with E-state index in [9.17, 15) is 23.1 Å². The highest BCUT2D eigenvalue weighted by Gasteiger charge is 2.24. The summed E-state index contributed by atoms with van der Waals surface area (Å²) in [5.74, 6) is -0.466. The number of phenolic OH excluding ortho intramolecular Hbond substituents is 1. The van der Waals surface area contributed by atoms with Gasteiger partial charge in [-0.25, -0.2) is 8.42 Å². The second-order valence-electron chi connectivity index (χ2n) is 7.58. The average molecular weight is 455 g/mol. The zero-order chi connectivity index (χ0) is 23.1. The van der Waals surface area contributed by atoms with E-state index in [1.54, 1.807) is 24.3 Å². The highest BCUT2D eigenvalue weighted by Crippen LogP contribution is 2.23. The number of hydrogen-bond acceptors (Lipinski definition) is 6. The van der Waals surface area contributed by atoms with Gasteiger partial charge in [-0.2, -0.15) is 4.31 Å². The molecule has 0 spiro atoms. The van der Waals surface area contributed by atoms with Crippen LogP contribution >= 0.6 is 0 Å². The van der Waals surface area contributed by atoms with Crippen LogP contribution in [0.3, 0.4) is 0 Å². The third-order valence-electron chi connectivity index (χ3n) is 5.14. The van der Waals surface area contributed by atoms with Gasteiger partial charge in [0.15, 0.2) is 11.6 Å². The number of para-hydroxylation sites is 1. The number of benzene rings is 2. The summed E-state index contributed by atoms with van der Waals surface area (Å²) in [7, 11) is -3.20. The summed E-state index contributed by atoms with van der Waals surface area (Å²) in [6.45, 7) is 1.95. The maximum atomic E-state index is 12.3. The van der Waals surface area contributed by atoms with Gasteiger partial charge in [0, 0.05) is 31.9 Å². The summed E-state index contributed by atoms with van der Waals surface area (Å²) in [5.41, 5.74) is 2.51. The first kappa shape index (κ1) is 23.4. The molecule has 8 heteroatoms. The summed E-state index contributed by atoms with van der Waals surface area (Å²) in [5, 5.41) is 9.28. The fraction of sp³-hybridized carbons (Fsp3) is 0.250. The van der Waals surface area contributed by atoms with Gasteiger partial charge in [-0.1, -0.05) is 36.4 Å². The molecule has 0 atom stereocenters. The van der Waals surface area contributed by atoms with Crippen molar-refractivity contribution < 1.29 is 23.1 Å². The van der Waals surface area contributed by atoms with E-state index >= 15 is 0 Å². The van der Waals surface area contributed by atoms with Gasteiger partial charge in [0.05, 0.1) is 12.7 Å². The predicted molar refractivity (Wildman–Crippen MR) is 126 cm³/mol. The molecule has 2 aromatic carbocycles. The van der Waals surface area contributed by atoms with Gasteiger partial charge in [0.25, 0.3) is 0 Å². The summed E-state index contributed by atoms with van der Waals surface area (Å²) in [6.07, 6.45) is 7.03. The lowest BCUT2D eigenvalue weighted by atomic mass is 10.1. The van der Waals surface area contributed by atoms with Gasteiger partial charge < -0.3 is 10.0 Å². The highest BCUT2D eigenvalue weighted by atomic mass is 32.2. The molecule has 0 unspecified atom stereocenters. The molecule has 1 fully saturated rings. The van der Waals surface area contributed by atoms with E-state index < -0.39 is 10.0 Å². The maximum Gasteiger partial charge on any atom is 0.211 e. The van der Waals surface area contributed by atoms with E-state index in [4.69, 9.17) is 0 Å². The van der Waals surface area contributed by atoms with Crippen LogP contribution in [-0.4, -0.2) is 61.8 Å². The number of anilines is 1. The minimum Gasteiger partial charge on any atom is -0.508 e. The van der Waals surface area contributed by atoms with Crippen LogP contribution in [0.5, 0.6) is 5.75 Å². The van der Waals surface area contributed by atoms with Gasteiger partial charge in [-0.05, 0) is 47.6 Å². The molecule has 3 rings (SSSR count). The molecule has 1 aliphatic rings. The minimum absolute atomic E-state index is 0.145. The van der Waals surface area contributed by atoms with Crippen molar-refractivity contribution in [2.45, 2.75) is 6.42 Å². The largest absolute Gasteiger partial charge is 0.508 e. The zero-order valence-corrected chi connectivity index (χ0v) is 18.7. The molecule has 0 bridgehead atoms. The minimum atomic E-state index is -3.20. The predicted octanol–water partition coefficient (Wildman–Crippen LogP) is 2.73. The number of carbonyl (C=O) groups is 2. The molecule has 168 valence electrons. The van der Waals surface area contributed by atoms with Crippen LogP contribution in [0.1, 0.15) is 17.5 Å². The van der Waals surface area contributed by atoms with Gasteiger partial charge in [-0.3, -0.25) is 9.59 Å². The number of ketones is 2. The highest BCUT2D eigenvalue weighted by molar-refractivity contribution is 7.88. The Morgan fingerprint density at radius 2 is 1.50 bits per heavy atom. The summed E-state index contributed by atoms with van der Waals surface area (Å²) in [4.78, 5) is 26.4. The molecule has 7 nitrogen and oxygen atoms in total. The molecule has 1 saturated heterocycles. The Labute approximate surface area is 188 Å². The number of carbonyl (C=O) groups excluding carboxylic acids is 2. The van der Waals surface area contributed by atoms with Crippen LogP contribution in [0.25, 0.3) is 12.2 Å². The summed E-state index contributed by atoms with van der Waals surface area (Å²) in [6, 6.07) is 14.0. The number of nitrogens with zero attached hydrogens (tertiary/aromatic N) is 2. The van der Waals surface area contributed by atoms with Crippen LogP contribution < -0.4 is 4.90 Å². The average Bonchev–Trinajstić information content (AvgIpc) is 2.77. The third kappa shape index (κ3) is 6.63. The SMILES string of the molecule is CS(=O)(=O)N1CCN(c2ccccc2/C=C/C(=O)CC(=O)/C=C/c2ccc(O)cc2)CC1. The lowest BCUT2D eigenvalue weighted by Crippen LogP contribution is -2.48. The number of hydrogen-bond donors (Lipinski definition) is 1. The van der Waals surface area contributed by atoms with E-state index in [1.807, 2.05) is 24.3 Å². The van der Waals surface area contributed by atoms with Crippen LogP contribution in [0, 0.1) is 0 Å². The van der Waals surface area contributed by atoms with Crippen LogP contribution in [0.4, 0.5) is 5.69 Å². The van der Waals surface area contributed by atoms with Gasteiger partial charge in [0.1, 0.15) is 5.75 Å². The van der Waals surface area contributed by atoms with E-state index in [0.717, 1.165) is 16.8 Å². The Balaban J connectivity index is 1.60. The van der Waals surface area contributed by atoms with Crippen molar-refractivity contribution >= 4 is 39.4 Å². The van der Waals surface area contributed by atoms with Crippen LogP contribution in [-0.2, 0) is 19.6 Å². The second kappa shape index (κ2) is 10.4. The Kier molecular flexibility index (Phi) is 7.61. The maximum absolute atomic E-state index is 12.3. The van der Waals surface area contributed by atoms with Crippen molar-refractivity contribution in [2.24, 2.45) is 0 Å². The Bertz CT molecular complexity index is 1130. The van der Waals surface area contributed by atoms with Crippen LogP contribution in [0.2, 0.25) is 0 Å². The lowest BCUT2D eigenvalue weighted by Gasteiger charge is -2.35. The van der Waals surface area contributed by atoms with E-state index in [1.165, 1.54) is 34.8 Å². The van der Waals surface area contributed by atoms with E-state index in [0.29, 0.717) is 26.2 Å². The molecule has 0 aliphatic carbocycles.